The number of hydrogen-bond donors (Lipinski definition) is 0. The highest BCUT2D eigenvalue weighted by atomic mass is 35.5. The summed E-state index contributed by atoms with van der Waals surface area (Å²) in [6.45, 7) is 4.00. The number of aromatic nitrogens is 3. The molecule has 178 valence electrons. The van der Waals surface area contributed by atoms with Gasteiger partial charge in [-0.2, -0.15) is 0 Å². The van der Waals surface area contributed by atoms with Crippen LogP contribution in [0.3, 0.4) is 0 Å². The van der Waals surface area contributed by atoms with Crippen molar-refractivity contribution in [1.29, 1.82) is 0 Å². The molecule has 0 aliphatic carbocycles. The third-order valence-corrected chi connectivity index (χ3v) is 6.57. The van der Waals surface area contributed by atoms with Gasteiger partial charge in [-0.15, -0.1) is 0 Å². The summed E-state index contributed by atoms with van der Waals surface area (Å²) in [5.41, 5.74) is 2.37. The van der Waals surface area contributed by atoms with E-state index in [1.54, 1.807) is 49.8 Å². The summed E-state index contributed by atoms with van der Waals surface area (Å²) in [4.78, 5) is 24.3. The quantitative estimate of drug-likeness (QED) is 0.298. The van der Waals surface area contributed by atoms with E-state index < -0.39 is 17.8 Å². The normalized spacial score (nSPS) is 15.1. The lowest BCUT2D eigenvalue weighted by atomic mass is 10.0. The number of fused-ring (bicyclic) bond motifs is 1. The predicted octanol–water partition coefficient (Wildman–Crippen LogP) is 6.73. The lowest BCUT2D eigenvalue weighted by Crippen LogP contribution is -2.31. The molecule has 1 amide bonds. The fourth-order valence-corrected chi connectivity index (χ4v) is 4.83. The van der Waals surface area contributed by atoms with Crippen LogP contribution in [-0.2, 0) is 0 Å². The van der Waals surface area contributed by atoms with Crippen LogP contribution in [0.25, 0.3) is 11.4 Å². The highest BCUT2D eigenvalue weighted by Gasteiger charge is 2.45. The molecule has 2 aromatic carbocycles. The van der Waals surface area contributed by atoms with Crippen molar-refractivity contribution in [3.63, 3.8) is 0 Å². The Bertz CT molecular complexity index is 1440. The highest BCUT2D eigenvalue weighted by Crippen LogP contribution is 2.46. The predicted molar refractivity (Wildman–Crippen MR) is 134 cm³/mol. The Morgan fingerprint density at radius 3 is 2.51 bits per heavy atom. The number of halogens is 3. The molecule has 3 heterocycles. The zero-order valence-corrected chi connectivity index (χ0v) is 20.7. The summed E-state index contributed by atoms with van der Waals surface area (Å²) in [6, 6.07) is 12.7. The molecule has 0 fully saturated rings. The summed E-state index contributed by atoms with van der Waals surface area (Å²) in [5.74, 6) is 0.0359. The molecule has 4 aromatic rings. The molecule has 6 nitrogen and oxygen atoms in total. The van der Waals surface area contributed by atoms with Crippen LogP contribution in [0.2, 0.25) is 10.0 Å². The molecule has 0 N–H and O–H groups in total. The maximum absolute atomic E-state index is 15.2. The van der Waals surface area contributed by atoms with Crippen LogP contribution >= 0.6 is 23.2 Å². The van der Waals surface area contributed by atoms with E-state index in [0.717, 1.165) is 5.56 Å². The molecule has 1 atom stereocenters. The second-order valence-electron chi connectivity index (χ2n) is 8.41. The Kier molecular flexibility index (Phi) is 5.99. The number of benzene rings is 2. The molecule has 35 heavy (non-hydrogen) atoms. The monoisotopic (exact) mass is 510 g/mol. The van der Waals surface area contributed by atoms with Gasteiger partial charge in [0, 0.05) is 23.5 Å². The van der Waals surface area contributed by atoms with E-state index in [-0.39, 0.29) is 22.4 Å². The number of hydrogen-bond acceptors (Lipinski definition) is 4. The lowest BCUT2D eigenvalue weighted by Gasteiger charge is -2.29. The van der Waals surface area contributed by atoms with E-state index in [1.807, 2.05) is 30.5 Å². The van der Waals surface area contributed by atoms with Crippen LogP contribution in [0, 0.1) is 5.82 Å². The second-order valence-corrected chi connectivity index (χ2v) is 9.25. The van der Waals surface area contributed by atoms with Crippen molar-refractivity contribution in [1.82, 2.24) is 14.5 Å². The van der Waals surface area contributed by atoms with E-state index in [9.17, 15) is 4.79 Å². The Labute approximate surface area is 211 Å². The number of carbonyl (C=O) groups excluding carboxylic acids is 1. The first-order chi connectivity index (χ1) is 16.8. The standard InChI is InChI=1S/C26H21Cl2FN4O2/c1-14(2)32-24-22(31-25(32)17-13-30-12-11-20(17)35-3)26(34)33(19-6-4-5-18(28)21(19)29)23(24)15-7-9-16(27)10-8-15/h4-14,23H,1-3H3. The molecule has 1 aliphatic rings. The largest absolute Gasteiger partial charge is 0.496 e. The van der Waals surface area contributed by atoms with Crippen molar-refractivity contribution >= 4 is 34.8 Å². The van der Waals surface area contributed by atoms with Crippen molar-refractivity contribution < 1.29 is 13.9 Å². The van der Waals surface area contributed by atoms with Gasteiger partial charge in [0.1, 0.15) is 17.6 Å². The van der Waals surface area contributed by atoms with Crippen LogP contribution in [0.15, 0.2) is 60.9 Å². The number of carbonyl (C=O) groups is 1. The molecule has 0 radical (unpaired) electrons. The van der Waals surface area contributed by atoms with E-state index in [2.05, 4.69) is 4.98 Å². The van der Waals surface area contributed by atoms with Crippen molar-refractivity contribution in [2.24, 2.45) is 0 Å². The first-order valence-corrected chi connectivity index (χ1v) is 11.7. The Balaban J connectivity index is 1.80. The number of methoxy groups -OCH3 is 1. The minimum Gasteiger partial charge on any atom is -0.496 e. The maximum Gasteiger partial charge on any atom is 0.279 e. The molecule has 1 aliphatic heterocycles. The number of amides is 1. The van der Waals surface area contributed by atoms with Crippen molar-refractivity contribution in [3.8, 4) is 17.1 Å². The molecule has 9 heteroatoms. The van der Waals surface area contributed by atoms with Crippen molar-refractivity contribution in [2.75, 3.05) is 12.0 Å². The maximum atomic E-state index is 15.2. The Morgan fingerprint density at radius 2 is 1.83 bits per heavy atom. The molecule has 2 aromatic heterocycles. The SMILES string of the molecule is COc1ccncc1-c1nc2c(n1C(C)C)C(c1ccc(Cl)cc1)N(c1cccc(Cl)c1F)C2=O. The minimum absolute atomic E-state index is 0.0674. The molecule has 0 bridgehead atoms. The fraction of sp³-hybridized carbons (Fsp3) is 0.192. The topological polar surface area (TPSA) is 60.3 Å². The van der Waals surface area contributed by atoms with E-state index >= 15 is 4.39 Å². The van der Waals surface area contributed by atoms with Gasteiger partial charge in [0.25, 0.3) is 5.91 Å². The molecule has 1 unspecified atom stereocenters. The van der Waals surface area contributed by atoms with Gasteiger partial charge in [0.15, 0.2) is 11.5 Å². The number of imidazole rings is 1. The summed E-state index contributed by atoms with van der Waals surface area (Å²) < 4.78 is 22.7. The van der Waals surface area contributed by atoms with Crippen LogP contribution in [0.5, 0.6) is 5.75 Å². The Morgan fingerprint density at radius 1 is 1.09 bits per heavy atom. The van der Waals surface area contributed by atoms with Gasteiger partial charge in [-0.3, -0.25) is 14.7 Å². The number of rotatable bonds is 5. The molecule has 5 rings (SSSR count). The lowest BCUT2D eigenvalue weighted by molar-refractivity contribution is 0.0988. The summed E-state index contributed by atoms with van der Waals surface area (Å²) in [7, 11) is 1.57. The molecular formula is C26H21Cl2FN4O2. The van der Waals surface area contributed by atoms with E-state index in [4.69, 9.17) is 32.9 Å². The average Bonchev–Trinajstić information content (AvgIpc) is 3.37. The third kappa shape index (κ3) is 3.75. The van der Waals surface area contributed by atoms with Crippen molar-refractivity contribution in [3.05, 3.63) is 93.7 Å². The molecular weight excluding hydrogens is 490 g/mol. The third-order valence-electron chi connectivity index (χ3n) is 6.02. The minimum atomic E-state index is -0.670. The van der Waals surface area contributed by atoms with E-state index in [1.165, 1.54) is 11.0 Å². The van der Waals surface area contributed by atoms with Gasteiger partial charge in [0.05, 0.1) is 29.1 Å². The summed E-state index contributed by atoms with van der Waals surface area (Å²) in [5, 5.41) is 0.485. The van der Waals surface area contributed by atoms with Crippen LogP contribution in [0.1, 0.15) is 47.7 Å². The van der Waals surface area contributed by atoms with Gasteiger partial charge in [-0.1, -0.05) is 41.4 Å². The first kappa shape index (κ1) is 23.3. The zero-order valence-electron chi connectivity index (χ0n) is 19.2. The second kappa shape index (κ2) is 8.98. The highest BCUT2D eigenvalue weighted by molar-refractivity contribution is 6.31. The average molecular weight is 511 g/mol. The number of ether oxygens (including phenoxy) is 1. The molecule has 0 saturated heterocycles. The number of nitrogens with zero attached hydrogens (tertiary/aromatic N) is 4. The van der Waals surface area contributed by atoms with Crippen LogP contribution in [-0.4, -0.2) is 27.6 Å². The van der Waals surface area contributed by atoms with Gasteiger partial charge in [-0.05, 0) is 49.7 Å². The van der Waals surface area contributed by atoms with Gasteiger partial charge < -0.3 is 9.30 Å². The van der Waals surface area contributed by atoms with Crippen LogP contribution in [0.4, 0.5) is 10.1 Å². The smallest absolute Gasteiger partial charge is 0.279 e. The van der Waals surface area contributed by atoms with Gasteiger partial charge in [0.2, 0.25) is 0 Å². The first-order valence-electron chi connectivity index (χ1n) is 11.0. The van der Waals surface area contributed by atoms with E-state index in [0.29, 0.717) is 27.9 Å². The van der Waals surface area contributed by atoms with Gasteiger partial charge >= 0.3 is 0 Å². The summed E-state index contributed by atoms with van der Waals surface area (Å²) in [6.07, 6.45) is 3.29. The number of anilines is 1. The van der Waals surface area contributed by atoms with Crippen LogP contribution < -0.4 is 9.64 Å². The van der Waals surface area contributed by atoms with Gasteiger partial charge in [-0.25, -0.2) is 9.37 Å². The molecule has 0 spiro atoms. The van der Waals surface area contributed by atoms with Crippen molar-refractivity contribution in [2.45, 2.75) is 25.9 Å². The molecule has 0 saturated carbocycles. The zero-order chi connectivity index (χ0) is 24.9. The Hall–Kier alpha value is -3.42. The number of pyridine rings is 1. The summed E-state index contributed by atoms with van der Waals surface area (Å²) >= 11 is 12.2. The fourth-order valence-electron chi connectivity index (χ4n) is 4.54.